The molecule has 1 aliphatic carbocycles. The van der Waals surface area contributed by atoms with E-state index in [4.69, 9.17) is 4.42 Å². The quantitative estimate of drug-likeness (QED) is 0.491. The zero-order valence-corrected chi connectivity index (χ0v) is 20.4. The molecule has 2 aliphatic rings. The van der Waals surface area contributed by atoms with Gasteiger partial charge in [0.2, 0.25) is 0 Å². The molecule has 2 aromatic heterocycles. The van der Waals surface area contributed by atoms with Crippen molar-refractivity contribution in [1.29, 1.82) is 0 Å². The number of benzene rings is 1. The van der Waals surface area contributed by atoms with E-state index in [0.29, 0.717) is 35.0 Å². The van der Waals surface area contributed by atoms with Gasteiger partial charge < -0.3 is 9.73 Å². The lowest BCUT2D eigenvalue weighted by molar-refractivity contribution is -0.360. The summed E-state index contributed by atoms with van der Waals surface area (Å²) in [4.78, 5) is 29.7. The number of aromatic amines is 1. The number of carbonyl (C=O) groups excluding carboxylic acids is 2. The highest BCUT2D eigenvalue weighted by molar-refractivity contribution is 9.10. The van der Waals surface area contributed by atoms with Crippen molar-refractivity contribution >= 4 is 33.4 Å². The molecule has 3 heterocycles. The summed E-state index contributed by atoms with van der Waals surface area (Å²) in [6.45, 7) is 6.12. The molecule has 7 heteroatoms. The molecule has 0 bridgehead atoms. The van der Waals surface area contributed by atoms with Crippen LogP contribution < -0.4 is 15.6 Å². The zero-order chi connectivity index (χ0) is 23.8. The summed E-state index contributed by atoms with van der Waals surface area (Å²) in [5.74, 6) is 0.383. The van der Waals surface area contributed by atoms with E-state index in [1.807, 2.05) is 55.5 Å². The first-order chi connectivity index (χ1) is 16.4. The summed E-state index contributed by atoms with van der Waals surface area (Å²) in [6.07, 6.45) is 3.77. The van der Waals surface area contributed by atoms with E-state index < -0.39 is 11.8 Å². The molecule has 0 spiro atoms. The van der Waals surface area contributed by atoms with Gasteiger partial charge in [0.05, 0.1) is 12.1 Å². The molecular weight excluding hydrogens is 494 g/mol. The normalized spacial score (nSPS) is 20.1. The Hall–Kier alpha value is -3.45. The molecule has 0 radical (unpaired) electrons. The summed E-state index contributed by atoms with van der Waals surface area (Å²) in [5, 5.41) is 6.23. The maximum absolute atomic E-state index is 13.6. The van der Waals surface area contributed by atoms with E-state index in [2.05, 4.69) is 38.1 Å². The van der Waals surface area contributed by atoms with Gasteiger partial charge in [-0.3, -0.25) is 4.79 Å². The molecule has 5 rings (SSSR count). The van der Waals surface area contributed by atoms with Crippen molar-refractivity contribution < 1.29 is 19.0 Å². The molecule has 0 fully saturated rings. The van der Waals surface area contributed by atoms with E-state index in [-0.39, 0.29) is 11.7 Å². The van der Waals surface area contributed by atoms with Crippen molar-refractivity contribution in [3.05, 3.63) is 94.1 Å². The number of nitrogens with one attached hydrogen (secondary N) is 3. The molecule has 0 saturated carbocycles. The first-order valence-electron chi connectivity index (χ1n) is 11.3. The Bertz CT molecular complexity index is 1320. The number of aromatic nitrogens is 1. The molecule has 172 valence electrons. The minimum Gasteiger partial charge on any atom is -0.460 e. The predicted molar refractivity (Wildman–Crippen MR) is 133 cm³/mol. The van der Waals surface area contributed by atoms with Crippen LogP contribution in [0, 0.1) is 12.8 Å². The minimum absolute atomic E-state index is 0.0489. The Morgan fingerprint density at radius 3 is 2.74 bits per heavy atom. The van der Waals surface area contributed by atoms with Crippen molar-refractivity contribution in [3.63, 3.8) is 0 Å². The van der Waals surface area contributed by atoms with Crippen LogP contribution in [0.15, 0.2) is 87.2 Å². The number of hydrogen-bond acceptors (Lipinski definition) is 4. The summed E-state index contributed by atoms with van der Waals surface area (Å²) < 4.78 is 7.26. The van der Waals surface area contributed by atoms with Gasteiger partial charge in [-0.2, -0.15) is 0 Å². The van der Waals surface area contributed by atoms with Crippen molar-refractivity contribution in [3.8, 4) is 11.3 Å². The Kier molecular flexibility index (Phi) is 5.96. The molecule has 6 nitrogen and oxygen atoms in total. The second kappa shape index (κ2) is 9.06. The number of carbonyl (C=O) groups is 2. The Morgan fingerprint density at radius 2 is 1.97 bits per heavy atom. The monoisotopic (exact) mass is 518 g/mol. The number of aryl methyl sites for hydroxylation is 1. The Morgan fingerprint density at radius 1 is 1.18 bits per heavy atom. The van der Waals surface area contributed by atoms with Crippen LogP contribution in [-0.4, -0.2) is 11.7 Å². The van der Waals surface area contributed by atoms with E-state index in [0.717, 1.165) is 34.1 Å². The van der Waals surface area contributed by atoms with Gasteiger partial charge in [0, 0.05) is 39.5 Å². The lowest BCUT2D eigenvalue weighted by Crippen LogP contribution is -2.42. The number of amides is 1. The minimum atomic E-state index is -0.710. The van der Waals surface area contributed by atoms with Crippen LogP contribution in [0.2, 0.25) is 0 Å². The third kappa shape index (κ3) is 4.23. The number of pyridine rings is 1. The van der Waals surface area contributed by atoms with Crippen LogP contribution in [-0.2, 0) is 9.59 Å². The number of anilines is 1. The van der Waals surface area contributed by atoms with Crippen LogP contribution in [0.1, 0.15) is 36.5 Å². The molecule has 0 saturated heterocycles. The zero-order valence-electron chi connectivity index (χ0n) is 18.8. The smallest absolute Gasteiger partial charge is 0.317 e. The second-order valence-corrected chi connectivity index (χ2v) is 9.67. The third-order valence-corrected chi connectivity index (χ3v) is 6.88. The van der Waals surface area contributed by atoms with Gasteiger partial charge in [0.1, 0.15) is 17.4 Å². The molecule has 1 aromatic carbocycles. The molecule has 2 atom stereocenters. The fourth-order valence-corrected chi connectivity index (χ4v) is 5.03. The fourth-order valence-electron chi connectivity index (χ4n) is 4.76. The maximum atomic E-state index is 13.6. The lowest BCUT2D eigenvalue weighted by Gasteiger charge is -2.36. The molecule has 1 amide bonds. The Balaban J connectivity index is 1.56. The Labute approximate surface area is 206 Å². The number of H-pyrrole nitrogens is 1. The average Bonchev–Trinajstić information content (AvgIpc) is 3.29. The first-order valence-corrected chi connectivity index (χ1v) is 12.1. The van der Waals surface area contributed by atoms with Crippen molar-refractivity contribution in [1.82, 2.24) is 5.32 Å². The summed E-state index contributed by atoms with van der Waals surface area (Å²) >= 11 is 3.45. The van der Waals surface area contributed by atoms with Gasteiger partial charge in [-0.05, 0) is 55.7 Å². The second-order valence-electron chi connectivity index (χ2n) is 8.75. The van der Waals surface area contributed by atoms with Crippen LogP contribution >= 0.6 is 15.9 Å². The SMILES string of the molecule is C=C1NC2=C(C(=O)CCC2)C(c2ccc(-c3ccc(Br)cc3)o2)C1C(=O)Nc1cc(C)cc[nH+]1. The van der Waals surface area contributed by atoms with E-state index in [9.17, 15) is 9.59 Å². The van der Waals surface area contributed by atoms with E-state index in [1.165, 1.54) is 0 Å². The van der Waals surface area contributed by atoms with Crippen LogP contribution in [0.25, 0.3) is 11.3 Å². The van der Waals surface area contributed by atoms with Crippen LogP contribution in [0.4, 0.5) is 5.82 Å². The van der Waals surface area contributed by atoms with E-state index >= 15 is 0 Å². The maximum Gasteiger partial charge on any atom is 0.317 e. The average molecular weight is 519 g/mol. The molecule has 3 aromatic rings. The standard InChI is InChI=1S/C27H24BrN3O3/c1-15-12-13-29-23(14-15)31-27(33)24-16(2)30-19-4-3-5-20(32)25(19)26(24)22-11-10-21(34-22)17-6-8-18(28)9-7-17/h6-14,24,26,30H,2-5H2,1H3,(H,29,31,33)/p+1. The topological polar surface area (TPSA) is 85.5 Å². The third-order valence-electron chi connectivity index (χ3n) is 6.35. The van der Waals surface area contributed by atoms with Crippen LogP contribution in [0.3, 0.4) is 0 Å². The highest BCUT2D eigenvalue weighted by Crippen LogP contribution is 2.45. The number of hydrogen-bond donors (Lipinski definition) is 2. The number of allylic oxidation sites excluding steroid dienone is 2. The van der Waals surface area contributed by atoms with Gasteiger partial charge in [0.15, 0.2) is 5.78 Å². The fraction of sp³-hybridized carbons (Fsp3) is 0.222. The number of Topliss-reactive ketones (excluding diaryl/α,β-unsaturated/α-hetero) is 1. The highest BCUT2D eigenvalue weighted by atomic mass is 79.9. The van der Waals surface area contributed by atoms with Gasteiger partial charge in [-0.1, -0.05) is 34.6 Å². The molecular formula is C27H25BrN3O3+. The van der Waals surface area contributed by atoms with Gasteiger partial charge in [-0.25, -0.2) is 15.1 Å². The van der Waals surface area contributed by atoms with Crippen LogP contribution in [0.5, 0.6) is 0 Å². The lowest BCUT2D eigenvalue weighted by atomic mass is 9.73. The number of halogens is 1. The van der Waals surface area contributed by atoms with Crippen molar-refractivity contribution in [2.24, 2.45) is 5.92 Å². The summed E-state index contributed by atoms with van der Waals surface area (Å²) in [7, 11) is 0. The van der Waals surface area contributed by atoms with Crippen molar-refractivity contribution in [2.45, 2.75) is 32.1 Å². The van der Waals surface area contributed by atoms with E-state index in [1.54, 1.807) is 6.20 Å². The molecule has 34 heavy (non-hydrogen) atoms. The largest absolute Gasteiger partial charge is 0.460 e. The van der Waals surface area contributed by atoms with Gasteiger partial charge >= 0.3 is 5.91 Å². The summed E-state index contributed by atoms with van der Waals surface area (Å²) in [6, 6.07) is 15.4. The molecule has 1 aliphatic heterocycles. The number of furan rings is 1. The predicted octanol–water partition coefficient (Wildman–Crippen LogP) is 5.29. The number of rotatable bonds is 4. The van der Waals surface area contributed by atoms with Gasteiger partial charge in [0.25, 0.3) is 5.82 Å². The molecule has 3 N–H and O–H groups in total. The molecule has 2 unspecified atom stereocenters. The number of ketones is 1. The van der Waals surface area contributed by atoms with Crippen molar-refractivity contribution in [2.75, 3.05) is 5.32 Å². The summed E-state index contributed by atoms with van der Waals surface area (Å²) in [5.41, 5.74) is 3.97. The highest BCUT2D eigenvalue weighted by Gasteiger charge is 2.46. The van der Waals surface area contributed by atoms with Gasteiger partial charge in [-0.15, -0.1) is 0 Å². The first kappa shape index (κ1) is 22.3.